The molecule has 2 aromatic rings. The highest BCUT2D eigenvalue weighted by Crippen LogP contribution is 2.31. The zero-order chi connectivity index (χ0) is 15.4. The van der Waals surface area contributed by atoms with E-state index in [1.54, 1.807) is 24.3 Å². The lowest BCUT2D eigenvalue weighted by Gasteiger charge is -2.10. The maximum absolute atomic E-state index is 11.9. The fourth-order valence-corrected chi connectivity index (χ4v) is 2.25. The van der Waals surface area contributed by atoms with Gasteiger partial charge in [0.05, 0.1) is 5.02 Å². The van der Waals surface area contributed by atoms with E-state index in [0.717, 1.165) is 10.0 Å². The van der Waals surface area contributed by atoms with Crippen molar-refractivity contribution in [1.29, 1.82) is 0 Å². The molecule has 0 radical (unpaired) electrons. The molecule has 0 atom stereocenters. The summed E-state index contributed by atoms with van der Waals surface area (Å²) in [6.07, 6.45) is 0. The quantitative estimate of drug-likeness (QED) is 0.792. The highest BCUT2D eigenvalue weighted by molar-refractivity contribution is 9.10. The molecule has 0 saturated heterocycles. The molecule has 110 valence electrons. The van der Waals surface area contributed by atoms with Crippen molar-refractivity contribution >= 4 is 50.7 Å². The van der Waals surface area contributed by atoms with Crippen LogP contribution < -0.4 is 10.1 Å². The van der Waals surface area contributed by atoms with Crippen molar-refractivity contribution in [2.75, 3.05) is 11.9 Å². The third-order valence-electron chi connectivity index (χ3n) is 2.72. The lowest BCUT2D eigenvalue weighted by atomic mass is 10.2. The van der Waals surface area contributed by atoms with Gasteiger partial charge in [-0.1, -0.05) is 45.2 Å². The number of nitrogens with one attached hydrogen (secondary N) is 1. The van der Waals surface area contributed by atoms with Crippen molar-refractivity contribution in [2.24, 2.45) is 0 Å². The van der Waals surface area contributed by atoms with Crippen LogP contribution in [-0.2, 0) is 4.79 Å². The average Bonchev–Trinajstić information content (AvgIpc) is 2.44. The molecule has 1 N–H and O–H groups in total. The summed E-state index contributed by atoms with van der Waals surface area (Å²) in [7, 11) is 0. The van der Waals surface area contributed by atoms with E-state index in [1.807, 2.05) is 19.1 Å². The highest BCUT2D eigenvalue weighted by atomic mass is 79.9. The second-order valence-electron chi connectivity index (χ2n) is 4.35. The van der Waals surface area contributed by atoms with Gasteiger partial charge < -0.3 is 10.1 Å². The zero-order valence-corrected chi connectivity index (χ0v) is 14.2. The number of anilines is 1. The molecule has 2 aromatic carbocycles. The van der Waals surface area contributed by atoms with Crippen molar-refractivity contribution in [2.45, 2.75) is 6.92 Å². The molecule has 0 aliphatic carbocycles. The van der Waals surface area contributed by atoms with Crippen LogP contribution in [0.1, 0.15) is 5.56 Å². The highest BCUT2D eigenvalue weighted by Gasteiger charge is 2.09. The van der Waals surface area contributed by atoms with Crippen LogP contribution in [0.5, 0.6) is 5.75 Å². The predicted molar refractivity (Wildman–Crippen MR) is 89.5 cm³/mol. The SMILES string of the molecule is Cc1cc(NC(=O)COc2cccc(Cl)c2Cl)ccc1Br. The van der Waals surface area contributed by atoms with Crippen LogP contribution in [-0.4, -0.2) is 12.5 Å². The van der Waals surface area contributed by atoms with Gasteiger partial charge in [-0.2, -0.15) is 0 Å². The first-order valence-corrected chi connectivity index (χ1v) is 7.65. The molecule has 1 amide bonds. The van der Waals surface area contributed by atoms with Gasteiger partial charge in [0.1, 0.15) is 10.8 Å². The first kappa shape index (κ1) is 16.1. The number of aryl methyl sites for hydroxylation is 1. The standard InChI is InChI=1S/C15H12BrCl2NO2/c1-9-7-10(5-6-11(9)16)19-14(20)8-21-13-4-2-3-12(17)15(13)18/h2-7H,8H2,1H3,(H,19,20). The Hall–Kier alpha value is -1.23. The van der Waals surface area contributed by atoms with Crippen LogP contribution in [0.25, 0.3) is 0 Å². The molecule has 2 rings (SSSR count). The number of rotatable bonds is 4. The number of hydrogen-bond donors (Lipinski definition) is 1. The molecule has 3 nitrogen and oxygen atoms in total. The molecule has 0 fully saturated rings. The molecule has 0 aliphatic rings. The van der Waals surface area contributed by atoms with Gasteiger partial charge in [0.25, 0.3) is 5.91 Å². The minimum atomic E-state index is -0.271. The van der Waals surface area contributed by atoms with E-state index >= 15 is 0 Å². The van der Waals surface area contributed by atoms with E-state index in [1.165, 1.54) is 0 Å². The van der Waals surface area contributed by atoms with Crippen LogP contribution in [0, 0.1) is 6.92 Å². The fourth-order valence-electron chi connectivity index (χ4n) is 1.66. The van der Waals surface area contributed by atoms with Gasteiger partial charge in [-0.3, -0.25) is 4.79 Å². The Bertz CT molecular complexity index is 677. The molecule has 6 heteroatoms. The summed E-state index contributed by atoms with van der Waals surface area (Å²) in [5, 5.41) is 3.44. The second kappa shape index (κ2) is 7.16. The normalized spacial score (nSPS) is 10.3. The van der Waals surface area contributed by atoms with Crippen LogP contribution in [0.2, 0.25) is 10.0 Å². The number of halogens is 3. The lowest BCUT2D eigenvalue weighted by molar-refractivity contribution is -0.118. The number of benzene rings is 2. The van der Waals surface area contributed by atoms with E-state index in [9.17, 15) is 4.79 Å². The summed E-state index contributed by atoms with van der Waals surface area (Å²) in [6.45, 7) is 1.80. The van der Waals surface area contributed by atoms with Crippen molar-refractivity contribution < 1.29 is 9.53 Å². The van der Waals surface area contributed by atoms with E-state index in [2.05, 4.69) is 21.2 Å². The molecule has 0 aromatic heterocycles. The van der Waals surface area contributed by atoms with Gasteiger partial charge >= 0.3 is 0 Å². The third-order valence-corrected chi connectivity index (χ3v) is 4.41. The van der Waals surface area contributed by atoms with Gasteiger partial charge in [-0.05, 0) is 42.8 Å². The smallest absolute Gasteiger partial charge is 0.262 e. The summed E-state index contributed by atoms with van der Waals surface area (Å²) in [6, 6.07) is 10.6. The van der Waals surface area contributed by atoms with E-state index < -0.39 is 0 Å². The Morgan fingerprint density at radius 1 is 1.29 bits per heavy atom. The monoisotopic (exact) mass is 387 g/mol. The second-order valence-corrected chi connectivity index (χ2v) is 5.99. The molecule has 0 spiro atoms. The Kier molecular flexibility index (Phi) is 5.51. The molecule has 0 unspecified atom stereocenters. The Labute approximate surface area is 141 Å². The Morgan fingerprint density at radius 2 is 2.05 bits per heavy atom. The summed E-state index contributed by atoms with van der Waals surface area (Å²) in [5.74, 6) is 0.110. The molecular weight excluding hydrogens is 377 g/mol. The maximum atomic E-state index is 11.9. The predicted octanol–water partition coefficient (Wildman–Crippen LogP) is 5.08. The first-order valence-electron chi connectivity index (χ1n) is 6.10. The van der Waals surface area contributed by atoms with Crippen molar-refractivity contribution in [1.82, 2.24) is 0 Å². The average molecular weight is 389 g/mol. The Balaban J connectivity index is 1.96. The maximum Gasteiger partial charge on any atom is 0.262 e. The molecule has 0 bridgehead atoms. The fraction of sp³-hybridized carbons (Fsp3) is 0.133. The summed E-state index contributed by atoms with van der Waals surface area (Å²) < 4.78 is 6.36. The van der Waals surface area contributed by atoms with Crippen LogP contribution in [0.3, 0.4) is 0 Å². The molecule has 21 heavy (non-hydrogen) atoms. The van der Waals surface area contributed by atoms with Gasteiger partial charge in [0.15, 0.2) is 6.61 Å². The molecule has 0 heterocycles. The van der Waals surface area contributed by atoms with Crippen LogP contribution >= 0.6 is 39.1 Å². The summed E-state index contributed by atoms with van der Waals surface area (Å²) >= 11 is 15.3. The zero-order valence-electron chi connectivity index (χ0n) is 11.1. The van der Waals surface area contributed by atoms with E-state index in [0.29, 0.717) is 21.5 Å². The molecular formula is C15H12BrCl2NO2. The summed E-state index contributed by atoms with van der Waals surface area (Å²) in [5.41, 5.74) is 1.74. The van der Waals surface area contributed by atoms with E-state index in [-0.39, 0.29) is 12.5 Å². The van der Waals surface area contributed by atoms with Crippen molar-refractivity contribution in [3.8, 4) is 5.75 Å². The van der Waals surface area contributed by atoms with Crippen molar-refractivity contribution in [3.63, 3.8) is 0 Å². The van der Waals surface area contributed by atoms with Gasteiger partial charge in [-0.25, -0.2) is 0 Å². The number of carbonyl (C=O) groups is 1. The third kappa shape index (κ3) is 4.37. The van der Waals surface area contributed by atoms with Crippen LogP contribution in [0.4, 0.5) is 5.69 Å². The van der Waals surface area contributed by atoms with Gasteiger partial charge in [0.2, 0.25) is 0 Å². The van der Waals surface area contributed by atoms with Gasteiger partial charge in [-0.15, -0.1) is 0 Å². The number of amides is 1. The van der Waals surface area contributed by atoms with E-state index in [4.69, 9.17) is 27.9 Å². The number of carbonyl (C=O) groups excluding carboxylic acids is 1. The summed E-state index contributed by atoms with van der Waals surface area (Å²) in [4.78, 5) is 11.9. The van der Waals surface area contributed by atoms with Crippen LogP contribution in [0.15, 0.2) is 40.9 Å². The Morgan fingerprint density at radius 3 is 2.76 bits per heavy atom. The van der Waals surface area contributed by atoms with Gasteiger partial charge in [0, 0.05) is 10.2 Å². The molecule has 0 aliphatic heterocycles. The topological polar surface area (TPSA) is 38.3 Å². The largest absolute Gasteiger partial charge is 0.482 e. The number of ether oxygens (including phenoxy) is 1. The first-order chi connectivity index (χ1) is 9.97. The minimum absolute atomic E-state index is 0.144. The lowest BCUT2D eigenvalue weighted by Crippen LogP contribution is -2.20. The molecule has 0 saturated carbocycles. The number of hydrogen-bond acceptors (Lipinski definition) is 2. The minimum Gasteiger partial charge on any atom is -0.482 e. The van der Waals surface area contributed by atoms with Crippen molar-refractivity contribution in [3.05, 3.63) is 56.5 Å².